The van der Waals surface area contributed by atoms with Crippen LogP contribution in [0.5, 0.6) is 0 Å². The van der Waals surface area contributed by atoms with E-state index in [1.807, 2.05) is 43.5 Å². The average molecular weight is 873 g/mol. The summed E-state index contributed by atoms with van der Waals surface area (Å²) in [5.74, 6) is 1.35. The largest absolute Gasteiger partial charge is 0.370 e. The number of fused-ring (bicyclic) bond motifs is 3. The van der Waals surface area contributed by atoms with Crippen LogP contribution >= 0.6 is 11.6 Å². The van der Waals surface area contributed by atoms with Crippen molar-refractivity contribution >= 4 is 45.6 Å². The van der Waals surface area contributed by atoms with Crippen LogP contribution in [-0.2, 0) is 38.3 Å². The zero-order valence-corrected chi connectivity index (χ0v) is 36.2. The summed E-state index contributed by atoms with van der Waals surface area (Å²) in [6.45, 7) is 8.04. The van der Waals surface area contributed by atoms with Crippen molar-refractivity contribution in [1.29, 1.82) is 0 Å². The predicted octanol–water partition coefficient (Wildman–Crippen LogP) is 4.47. The Morgan fingerprint density at radius 3 is 2.41 bits per heavy atom. The van der Waals surface area contributed by atoms with Gasteiger partial charge in [-0.2, -0.15) is 5.10 Å². The number of pyridine rings is 1. The lowest BCUT2D eigenvalue weighted by molar-refractivity contribution is 0.0392. The molecule has 3 aliphatic rings. The lowest BCUT2D eigenvalue weighted by atomic mass is 9.93. The van der Waals surface area contributed by atoms with Gasteiger partial charge in [0.15, 0.2) is 11.0 Å². The first-order valence-electron chi connectivity index (χ1n) is 21.3. The Morgan fingerprint density at radius 2 is 1.63 bits per heavy atom. The maximum atomic E-state index is 15.4. The fourth-order valence-corrected chi connectivity index (χ4v) is 9.09. The van der Waals surface area contributed by atoms with Gasteiger partial charge in [0, 0.05) is 68.2 Å². The molecule has 63 heavy (non-hydrogen) atoms. The molecular weight excluding hydrogens is 827 g/mol. The van der Waals surface area contributed by atoms with Crippen molar-refractivity contribution in [3.8, 4) is 11.3 Å². The van der Waals surface area contributed by atoms with E-state index in [4.69, 9.17) is 46.2 Å². The number of piperidine rings is 1. The molecule has 0 spiro atoms. The van der Waals surface area contributed by atoms with Crippen LogP contribution < -0.4 is 26.2 Å². The highest BCUT2D eigenvalue weighted by atomic mass is 35.5. The summed E-state index contributed by atoms with van der Waals surface area (Å²) in [4.78, 5) is 66.5. The number of hydrogen-bond donors (Lipinski definition) is 1. The second-order valence-corrected chi connectivity index (χ2v) is 17.1. The van der Waals surface area contributed by atoms with Crippen LogP contribution in [-0.4, -0.2) is 93.1 Å². The minimum absolute atomic E-state index is 0.0966. The molecule has 17 nitrogen and oxygen atoms in total. The third-order valence-corrected chi connectivity index (χ3v) is 12.7. The molecule has 0 radical (unpaired) electrons. The summed E-state index contributed by atoms with van der Waals surface area (Å²) in [5.41, 5.74) is 5.48. The molecule has 1 N–H and O–H groups in total. The number of aryl methyl sites for hydroxylation is 4. The molecule has 10 rings (SSSR count). The number of benzene rings is 1. The molecule has 6 aromatic heterocycles. The first-order valence-corrected chi connectivity index (χ1v) is 21.6. The van der Waals surface area contributed by atoms with Gasteiger partial charge in [0.05, 0.1) is 37.3 Å². The van der Waals surface area contributed by atoms with Gasteiger partial charge in [-0.1, -0.05) is 11.6 Å². The Morgan fingerprint density at radius 1 is 0.857 bits per heavy atom. The van der Waals surface area contributed by atoms with Crippen LogP contribution in [0.1, 0.15) is 71.0 Å². The Labute approximate surface area is 366 Å². The van der Waals surface area contributed by atoms with Gasteiger partial charge in [-0.25, -0.2) is 34.3 Å². The number of anilines is 2. The van der Waals surface area contributed by atoms with E-state index in [1.165, 1.54) is 10.6 Å². The highest BCUT2D eigenvalue weighted by Gasteiger charge is 2.30. The third kappa shape index (κ3) is 7.69. The summed E-state index contributed by atoms with van der Waals surface area (Å²) in [7, 11) is 3.51. The van der Waals surface area contributed by atoms with Crippen molar-refractivity contribution in [1.82, 2.24) is 59.1 Å². The van der Waals surface area contributed by atoms with E-state index in [2.05, 4.69) is 20.3 Å². The summed E-state index contributed by atoms with van der Waals surface area (Å²) in [5, 5.41) is 8.02. The van der Waals surface area contributed by atoms with Gasteiger partial charge in [0.2, 0.25) is 11.9 Å². The standard InChI is InChI=1S/C44H46ClFN14O3/c1-24-50-38-36(32-8-7-30(45)17-33(32)46)53-44(54-39(38)41(61)57(24)4)58-13-5-6-27-16-31(48-18-28(27)21-58)22-60-25(2)51-37-35(26-9-11-47-12-10-26)52-43(55-40(37)42(60)62)59-14-15-63-34(23-59)29-19-49-56(3)20-29/h7-8,16-20,26,34,47H,5-6,9-15,21-23H2,1-4H3. The Hall–Kier alpha value is -6.24. The Bertz CT molecular complexity index is 3060. The molecule has 1 atom stereocenters. The van der Waals surface area contributed by atoms with E-state index in [1.54, 1.807) is 35.4 Å². The van der Waals surface area contributed by atoms with E-state index >= 15 is 4.39 Å². The van der Waals surface area contributed by atoms with Gasteiger partial charge >= 0.3 is 0 Å². The predicted molar refractivity (Wildman–Crippen MR) is 236 cm³/mol. The molecule has 2 fully saturated rings. The quantitative estimate of drug-likeness (QED) is 0.237. The molecule has 7 aromatic rings. The summed E-state index contributed by atoms with van der Waals surface area (Å²) in [6.07, 6.45) is 8.64. The molecule has 0 aliphatic carbocycles. The minimum Gasteiger partial charge on any atom is -0.370 e. The second kappa shape index (κ2) is 16.5. The van der Waals surface area contributed by atoms with Crippen LogP contribution in [0.25, 0.3) is 33.3 Å². The van der Waals surface area contributed by atoms with Crippen LogP contribution in [0.4, 0.5) is 16.3 Å². The SMILES string of the molecule is Cc1nc2c(-c3ccc(Cl)cc3F)nc(N3CCCc4cc(Cn5c(C)nc6c(C7CCNCC7)nc(N7CCOC(c8cnn(C)c8)C7)nc6c5=O)ncc4C3)nc2c(=O)n1C. The first-order chi connectivity index (χ1) is 30.5. The van der Waals surface area contributed by atoms with Crippen molar-refractivity contribution in [2.75, 3.05) is 49.1 Å². The Balaban J connectivity index is 0.977. The number of halogens is 2. The summed E-state index contributed by atoms with van der Waals surface area (Å²) < 4.78 is 26.4. The molecule has 19 heteroatoms. The fraction of sp³-hybridized carbons (Fsp3) is 0.409. The second-order valence-electron chi connectivity index (χ2n) is 16.6. The van der Waals surface area contributed by atoms with Crippen molar-refractivity contribution in [3.63, 3.8) is 0 Å². The molecule has 1 unspecified atom stereocenters. The average Bonchev–Trinajstić information content (AvgIpc) is 3.61. The lowest BCUT2D eigenvalue weighted by Crippen LogP contribution is -2.40. The van der Waals surface area contributed by atoms with Crippen molar-refractivity contribution in [2.45, 2.75) is 64.6 Å². The smallest absolute Gasteiger partial charge is 0.280 e. The highest BCUT2D eigenvalue weighted by Crippen LogP contribution is 2.33. The Kier molecular flexibility index (Phi) is 10.7. The number of hydrogen-bond acceptors (Lipinski definition) is 14. The number of nitrogens with one attached hydrogen (secondary N) is 1. The lowest BCUT2D eigenvalue weighted by Gasteiger charge is -2.33. The zero-order valence-electron chi connectivity index (χ0n) is 35.5. The number of aromatic nitrogens is 11. The number of nitrogens with zero attached hydrogens (tertiary/aromatic N) is 13. The van der Waals surface area contributed by atoms with Crippen LogP contribution in [0.15, 0.2) is 52.4 Å². The van der Waals surface area contributed by atoms with Crippen LogP contribution in [0.2, 0.25) is 5.02 Å². The molecule has 9 heterocycles. The third-order valence-electron chi connectivity index (χ3n) is 12.5. The number of ether oxygens (including phenoxy) is 1. The minimum atomic E-state index is -0.579. The van der Waals surface area contributed by atoms with E-state index in [9.17, 15) is 9.59 Å². The molecule has 3 aliphatic heterocycles. The highest BCUT2D eigenvalue weighted by molar-refractivity contribution is 6.30. The fourth-order valence-electron chi connectivity index (χ4n) is 8.93. The summed E-state index contributed by atoms with van der Waals surface area (Å²) >= 11 is 6.10. The van der Waals surface area contributed by atoms with Gasteiger partial charge in [-0.05, 0) is 88.0 Å². The van der Waals surface area contributed by atoms with E-state index < -0.39 is 5.82 Å². The monoisotopic (exact) mass is 872 g/mol. The van der Waals surface area contributed by atoms with E-state index in [0.717, 1.165) is 61.2 Å². The van der Waals surface area contributed by atoms with E-state index in [-0.39, 0.29) is 62.9 Å². The van der Waals surface area contributed by atoms with Gasteiger partial charge in [0.1, 0.15) is 40.3 Å². The van der Waals surface area contributed by atoms with Crippen molar-refractivity contribution in [2.24, 2.45) is 14.1 Å². The van der Waals surface area contributed by atoms with Crippen molar-refractivity contribution in [3.05, 3.63) is 114 Å². The molecule has 2 saturated heterocycles. The maximum absolute atomic E-state index is 15.4. The molecule has 0 saturated carbocycles. The zero-order chi connectivity index (χ0) is 43.5. The summed E-state index contributed by atoms with van der Waals surface area (Å²) in [6, 6.07) is 6.39. The number of rotatable bonds is 7. The molecule has 1 aromatic carbocycles. The molecule has 0 amide bonds. The van der Waals surface area contributed by atoms with E-state index in [0.29, 0.717) is 67.1 Å². The molecule has 0 bridgehead atoms. The molecular formula is C44H46ClFN14O3. The number of morpholine rings is 1. The van der Waals surface area contributed by atoms with Gasteiger partial charge < -0.3 is 19.9 Å². The van der Waals surface area contributed by atoms with Gasteiger partial charge in [-0.3, -0.25) is 28.4 Å². The maximum Gasteiger partial charge on any atom is 0.280 e. The van der Waals surface area contributed by atoms with Gasteiger partial charge in [-0.15, -0.1) is 0 Å². The topological polar surface area (TPSA) is 180 Å². The van der Waals surface area contributed by atoms with Crippen LogP contribution in [0, 0.1) is 19.7 Å². The first kappa shape index (κ1) is 40.8. The van der Waals surface area contributed by atoms with Crippen molar-refractivity contribution < 1.29 is 9.13 Å². The van der Waals surface area contributed by atoms with Gasteiger partial charge in [0.25, 0.3) is 11.1 Å². The van der Waals surface area contributed by atoms with Crippen LogP contribution in [0.3, 0.4) is 0 Å². The normalized spacial score (nSPS) is 17.4. The molecule has 324 valence electrons.